The van der Waals surface area contributed by atoms with E-state index in [0.29, 0.717) is 5.56 Å². The monoisotopic (exact) mass is 225 g/mol. The van der Waals surface area contributed by atoms with Crippen LogP contribution in [0.4, 0.5) is 0 Å². The molecule has 0 spiro atoms. The van der Waals surface area contributed by atoms with Crippen molar-refractivity contribution in [1.29, 1.82) is 0 Å². The van der Waals surface area contributed by atoms with Crippen LogP contribution in [-0.4, -0.2) is 11.3 Å². The second-order valence-corrected chi connectivity index (χ2v) is 4.01. The van der Waals surface area contributed by atoms with E-state index in [9.17, 15) is 4.79 Å². The Kier molecular flexibility index (Phi) is 3.66. The Morgan fingerprint density at radius 1 is 1.24 bits per heavy atom. The topological polar surface area (TPSA) is 30.0 Å². The van der Waals surface area contributed by atoms with Crippen LogP contribution in [0.5, 0.6) is 0 Å². The van der Waals surface area contributed by atoms with Gasteiger partial charge < -0.3 is 0 Å². The average molecular weight is 225 g/mol. The minimum atomic E-state index is 0.640. The van der Waals surface area contributed by atoms with Gasteiger partial charge in [0.1, 0.15) is 0 Å². The first kappa shape index (κ1) is 11.5. The van der Waals surface area contributed by atoms with Crippen LogP contribution in [0.25, 0.3) is 11.3 Å². The molecule has 0 N–H and O–H groups in total. The zero-order valence-corrected chi connectivity index (χ0v) is 9.89. The van der Waals surface area contributed by atoms with Crippen LogP contribution in [0.15, 0.2) is 42.6 Å². The smallest absolute Gasteiger partial charge is 0.152 e. The number of hydrogen-bond donors (Lipinski definition) is 0. The molecule has 0 aliphatic heterocycles. The molecule has 0 fully saturated rings. The fraction of sp³-hybridized carbons (Fsp3) is 0.200. The lowest BCUT2D eigenvalue weighted by Crippen LogP contribution is -1.92. The first-order valence-electron chi connectivity index (χ1n) is 5.84. The Labute approximate surface area is 101 Å². The predicted molar refractivity (Wildman–Crippen MR) is 69.1 cm³/mol. The molecule has 1 aromatic heterocycles. The minimum Gasteiger partial charge on any atom is -0.298 e. The van der Waals surface area contributed by atoms with Crippen molar-refractivity contribution in [2.24, 2.45) is 0 Å². The molecule has 0 amide bonds. The SMILES string of the molecule is CCCc1cccc(-c2ncccc2C=O)c1. The van der Waals surface area contributed by atoms with E-state index in [1.807, 2.05) is 12.1 Å². The lowest BCUT2D eigenvalue weighted by molar-refractivity contribution is 0.112. The zero-order valence-electron chi connectivity index (χ0n) is 9.89. The van der Waals surface area contributed by atoms with E-state index >= 15 is 0 Å². The molecule has 0 atom stereocenters. The molecule has 1 aromatic carbocycles. The third kappa shape index (κ3) is 2.59. The summed E-state index contributed by atoms with van der Waals surface area (Å²) in [6.07, 6.45) is 4.74. The van der Waals surface area contributed by atoms with E-state index in [-0.39, 0.29) is 0 Å². The predicted octanol–water partition coefficient (Wildman–Crippen LogP) is 3.51. The maximum Gasteiger partial charge on any atom is 0.152 e. The summed E-state index contributed by atoms with van der Waals surface area (Å²) in [6, 6.07) is 11.8. The number of nitrogens with zero attached hydrogens (tertiary/aromatic N) is 1. The first-order chi connectivity index (χ1) is 8.35. The van der Waals surface area contributed by atoms with Crippen molar-refractivity contribution in [1.82, 2.24) is 4.98 Å². The van der Waals surface area contributed by atoms with E-state index in [1.165, 1.54) is 5.56 Å². The molecular weight excluding hydrogens is 210 g/mol. The van der Waals surface area contributed by atoms with Gasteiger partial charge in [-0.1, -0.05) is 31.5 Å². The summed E-state index contributed by atoms with van der Waals surface area (Å²) >= 11 is 0. The van der Waals surface area contributed by atoms with E-state index < -0.39 is 0 Å². The summed E-state index contributed by atoms with van der Waals surface area (Å²) in [7, 11) is 0. The average Bonchev–Trinajstić information content (AvgIpc) is 2.39. The van der Waals surface area contributed by atoms with Crippen molar-refractivity contribution < 1.29 is 4.79 Å². The summed E-state index contributed by atoms with van der Waals surface area (Å²) in [6.45, 7) is 2.16. The standard InChI is InChI=1S/C15H15NO/c1-2-5-12-6-3-7-13(10-12)15-14(11-17)8-4-9-16-15/h3-4,6-11H,2,5H2,1H3. The Hall–Kier alpha value is -1.96. The van der Waals surface area contributed by atoms with Gasteiger partial charge in [-0.2, -0.15) is 0 Å². The highest BCUT2D eigenvalue weighted by Gasteiger charge is 2.05. The highest BCUT2D eigenvalue weighted by atomic mass is 16.1. The Morgan fingerprint density at radius 3 is 2.88 bits per heavy atom. The molecule has 0 aliphatic carbocycles. The summed E-state index contributed by atoms with van der Waals surface area (Å²) < 4.78 is 0. The van der Waals surface area contributed by atoms with Crippen molar-refractivity contribution in [3.05, 3.63) is 53.7 Å². The summed E-state index contributed by atoms with van der Waals surface area (Å²) in [5.41, 5.74) is 3.70. The summed E-state index contributed by atoms with van der Waals surface area (Å²) in [5.74, 6) is 0. The van der Waals surface area contributed by atoms with Crippen LogP contribution in [0.2, 0.25) is 0 Å². The van der Waals surface area contributed by atoms with Gasteiger partial charge in [0, 0.05) is 17.3 Å². The van der Waals surface area contributed by atoms with Gasteiger partial charge in [0.2, 0.25) is 0 Å². The van der Waals surface area contributed by atoms with Crippen LogP contribution in [0.1, 0.15) is 29.3 Å². The van der Waals surface area contributed by atoms with Gasteiger partial charge in [-0.05, 0) is 30.2 Å². The Morgan fingerprint density at radius 2 is 2.12 bits per heavy atom. The number of carbonyl (C=O) groups is 1. The lowest BCUT2D eigenvalue weighted by atomic mass is 10.0. The molecule has 1 heterocycles. The maximum atomic E-state index is 11.0. The Bertz CT molecular complexity index is 520. The quantitative estimate of drug-likeness (QED) is 0.745. The molecule has 2 rings (SSSR count). The van der Waals surface area contributed by atoms with Gasteiger partial charge in [0.15, 0.2) is 6.29 Å². The van der Waals surface area contributed by atoms with Crippen molar-refractivity contribution in [2.75, 3.05) is 0 Å². The van der Waals surface area contributed by atoms with Crippen LogP contribution >= 0.6 is 0 Å². The van der Waals surface area contributed by atoms with Crippen molar-refractivity contribution >= 4 is 6.29 Å². The molecule has 2 heteroatoms. The highest BCUT2D eigenvalue weighted by Crippen LogP contribution is 2.21. The van der Waals surface area contributed by atoms with E-state index in [0.717, 1.165) is 30.4 Å². The molecule has 0 saturated heterocycles. The lowest BCUT2D eigenvalue weighted by Gasteiger charge is -2.05. The number of aromatic nitrogens is 1. The number of carbonyl (C=O) groups excluding carboxylic acids is 1. The number of pyridine rings is 1. The minimum absolute atomic E-state index is 0.640. The van der Waals surface area contributed by atoms with Crippen molar-refractivity contribution in [3.63, 3.8) is 0 Å². The largest absolute Gasteiger partial charge is 0.298 e. The summed E-state index contributed by atoms with van der Waals surface area (Å²) in [4.78, 5) is 15.3. The zero-order chi connectivity index (χ0) is 12.1. The molecule has 0 unspecified atom stereocenters. The van der Waals surface area contributed by atoms with Crippen LogP contribution in [-0.2, 0) is 6.42 Å². The number of aryl methyl sites for hydroxylation is 1. The second-order valence-electron chi connectivity index (χ2n) is 4.01. The highest BCUT2D eigenvalue weighted by molar-refractivity contribution is 5.85. The maximum absolute atomic E-state index is 11.0. The molecular formula is C15H15NO. The molecule has 0 bridgehead atoms. The summed E-state index contributed by atoms with van der Waals surface area (Å²) in [5, 5.41) is 0. The number of benzene rings is 1. The van der Waals surface area contributed by atoms with Crippen molar-refractivity contribution in [3.8, 4) is 11.3 Å². The third-order valence-electron chi connectivity index (χ3n) is 2.70. The van der Waals surface area contributed by atoms with E-state index in [4.69, 9.17) is 0 Å². The third-order valence-corrected chi connectivity index (χ3v) is 2.70. The first-order valence-corrected chi connectivity index (χ1v) is 5.84. The van der Waals surface area contributed by atoms with Gasteiger partial charge in [-0.15, -0.1) is 0 Å². The van der Waals surface area contributed by atoms with Crippen LogP contribution in [0, 0.1) is 0 Å². The van der Waals surface area contributed by atoms with Crippen LogP contribution in [0.3, 0.4) is 0 Å². The number of hydrogen-bond acceptors (Lipinski definition) is 2. The fourth-order valence-electron chi connectivity index (χ4n) is 1.92. The normalized spacial score (nSPS) is 10.2. The van der Waals surface area contributed by atoms with E-state index in [1.54, 1.807) is 18.3 Å². The molecule has 17 heavy (non-hydrogen) atoms. The molecule has 0 radical (unpaired) electrons. The van der Waals surface area contributed by atoms with Gasteiger partial charge in [0.05, 0.1) is 5.69 Å². The van der Waals surface area contributed by atoms with Gasteiger partial charge in [-0.3, -0.25) is 9.78 Å². The van der Waals surface area contributed by atoms with Gasteiger partial charge in [0.25, 0.3) is 0 Å². The molecule has 86 valence electrons. The second kappa shape index (κ2) is 5.39. The van der Waals surface area contributed by atoms with Crippen LogP contribution < -0.4 is 0 Å². The number of aldehydes is 1. The van der Waals surface area contributed by atoms with Gasteiger partial charge >= 0.3 is 0 Å². The van der Waals surface area contributed by atoms with Crippen molar-refractivity contribution in [2.45, 2.75) is 19.8 Å². The number of rotatable bonds is 4. The molecule has 0 aliphatic rings. The van der Waals surface area contributed by atoms with Gasteiger partial charge in [-0.25, -0.2) is 0 Å². The molecule has 0 saturated carbocycles. The molecule has 2 aromatic rings. The Balaban J connectivity index is 2.45. The molecule has 2 nitrogen and oxygen atoms in total. The van der Waals surface area contributed by atoms with E-state index in [2.05, 4.69) is 24.0 Å². The fourth-order valence-corrected chi connectivity index (χ4v) is 1.92.